The van der Waals surface area contributed by atoms with Crippen LogP contribution in [0.3, 0.4) is 0 Å². The second-order valence-corrected chi connectivity index (χ2v) is 12.1. The van der Waals surface area contributed by atoms with Gasteiger partial charge in [0.2, 0.25) is 11.8 Å². The smallest absolute Gasteiger partial charge is 0.408 e. The van der Waals surface area contributed by atoms with Crippen molar-refractivity contribution in [3.05, 3.63) is 34.9 Å². The minimum Gasteiger partial charge on any atom is -0.467 e. The molecule has 40 heavy (non-hydrogen) atoms. The molecule has 3 amide bonds. The predicted octanol–water partition coefficient (Wildman–Crippen LogP) is 4.79. The van der Waals surface area contributed by atoms with Gasteiger partial charge in [0.15, 0.2) is 0 Å². The normalized spacial score (nSPS) is 22.1. The summed E-state index contributed by atoms with van der Waals surface area (Å²) in [6.45, 7) is 0.00743. The van der Waals surface area contributed by atoms with Gasteiger partial charge >= 0.3 is 12.1 Å². The summed E-state index contributed by atoms with van der Waals surface area (Å²) in [5, 5.41) is 9.24. The number of nitrogens with one attached hydrogen (secondary N) is 3. The molecule has 3 atom stereocenters. The number of rotatable bonds is 10. The van der Waals surface area contributed by atoms with Crippen LogP contribution in [-0.2, 0) is 30.5 Å². The second kappa shape index (κ2) is 14.2. The van der Waals surface area contributed by atoms with Crippen LogP contribution in [0.15, 0.2) is 24.3 Å². The molecule has 1 aliphatic heterocycles. The van der Waals surface area contributed by atoms with E-state index < -0.39 is 36.0 Å². The highest BCUT2D eigenvalue weighted by Crippen LogP contribution is 2.39. The van der Waals surface area contributed by atoms with Gasteiger partial charge < -0.3 is 25.4 Å². The van der Waals surface area contributed by atoms with Crippen molar-refractivity contribution in [3.63, 3.8) is 0 Å². The lowest BCUT2D eigenvalue weighted by Gasteiger charge is -2.33. The molecule has 10 heteroatoms. The molecule has 0 radical (unpaired) electrons. The fourth-order valence-corrected chi connectivity index (χ4v) is 6.80. The van der Waals surface area contributed by atoms with Crippen molar-refractivity contribution in [1.82, 2.24) is 16.0 Å². The molecule has 2 aliphatic carbocycles. The number of benzene rings is 1. The van der Waals surface area contributed by atoms with Crippen LogP contribution in [0.1, 0.15) is 89.0 Å². The second-order valence-electron chi connectivity index (χ2n) is 11.7. The zero-order chi connectivity index (χ0) is 28.5. The number of esters is 1. The summed E-state index contributed by atoms with van der Waals surface area (Å²) in [5.74, 6) is -1.28. The highest BCUT2D eigenvalue weighted by atomic mass is 35.5. The minimum absolute atomic E-state index is 0.00743. The lowest BCUT2D eigenvalue weighted by Crippen LogP contribution is -2.53. The Morgan fingerprint density at radius 3 is 2.45 bits per heavy atom. The first-order chi connectivity index (χ1) is 19.3. The molecule has 2 saturated carbocycles. The van der Waals surface area contributed by atoms with Gasteiger partial charge in [-0.3, -0.25) is 9.59 Å². The first-order valence-electron chi connectivity index (χ1n) is 14.6. The van der Waals surface area contributed by atoms with Gasteiger partial charge in [-0.2, -0.15) is 0 Å². The average Bonchev–Trinajstić information content (AvgIpc) is 3.24. The molecular formula is C30H42ClN3O6. The standard InChI is InChI=1S/C30H42ClN3O6/c1-39-28(37)25(17-22-18-30(34-26(22)35)13-6-3-7-14-30)32-27(36)24(16-20-9-4-2-5-10-20)33-29(38)40-19-21-11-8-12-23(31)15-21/h8,11-12,15,20,22,24-25H,2-7,9-10,13-14,16-19H2,1H3,(H,32,36)(H,33,38)(H,34,35)/t22?,24-,25-/m0/s1. The summed E-state index contributed by atoms with van der Waals surface area (Å²) < 4.78 is 10.4. The van der Waals surface area contributed by atoms with Gasteiger partial charge in [-0.05, 0) is 55.7 Å². The van der Waals surface area contributed by atoms with E-state index in [4.69, 9.17) is 21.1 Å². The van der Waals surface area contributed by atoms with Crippen molar-refractivity contribution in [2.24, 2.45) is 11.8 Å². The van der Waals surface area contributed by atoms with Crippen LogP contribution in [0.4, 0.5) is 4.79 Å². The SMILES string of the molecule is COC(=O)[C@H](CC1CC2(CCCCC2)NC1=O)NC(=O)[C@H](CC1CCCCC1)NC(=O)OCc1cccc(Cl)c1. The molecule has 3 fully saturated rings. The highest BCUT2D eigenvalue weighted by Gasteiger charge is 2.46. The molecule has 3 N–H and O–H groups in total. The van der Waals surface area contributed by atoms with Crippen LogP contribution in [0, 0.1) is 11.8 Å². The molecule has 1 saturated heterocycles. The quantitative estimate of drug-likeness (QED) is 0.345. The first kappa shape index (κ1) is 30.2. The third-order valence-corrected chi connectivity index (χ3v) is 8.93. The molecule has 1 heterocycles. The molecule has 4 rings (SSSR count). The van der Waals surface area contributed by atoms with E-state index in [0.29, 0.717) is 17.9 Å². The fraction of sp³-hybridized carbons (Fsp3) is 0.667. The zero-order valence-corrected chi connectivity index (χ0v) is 24.1. The maximum absolute atomic E-state index is 13.5. The van der Waals surface area contributed by atoms with E-state index >= 15 is 0 Å². The van der Waals surface area contributed by atoms with Crippen molar-refractivity contribution >= 4 is 35.5 Å². The number of hydrogen-bond acceptors (Lipinski definition) is 6. The van der Waals surface area contributed by atoms with Gasteiger partial charge in [0.1, 0.15) is 18.7 Å². The summed E-state index contributed by atoms with van der Waals surface area (Å²) in [7, 11) is 1.27. The van der Waals surface area contributed by atoms with Gasteiger partial charge in [0, 0.05) is 16.5 Å². The van der Waals surface area contributed by atoms with Crippen LogP contribution < -0.4 is 16.0 Å². The van der Waals surface area contributed by atoms with E-state index in [1.165, 1.54) is 13.5 Å². The molecule has 3 aliphatic rings. The maximum Gasteiger partial charge on any atom is 0.408 e. The molecule has 1 aromatic rings. The molecular weight excluding hydrogens is 534 g/mol. The molecule has 1 aromatic carbocycles. The molecule has 9 nitrogen and oxygen atoms in total. The Morgan fingerprint density at radius 2 is 1.75 bits per heavy atom. The van der Waals surface area contributed by atoms with E-state index in [1.807, 2.05) is 0 Å². The third-order valence-electron chi connectivity index (χ3n) is 8.69. The van der Waals surface area contributed by atoms with Crippen molar-refractivity contribution in [2.75, 3.05) is 7.11 Å². The average molecular weight is 576 g/mol. The first-order valence-corrected chi connectivity index (χ1v) is 15.0. The lowest BCUT2D eigenvalue weighted by atomic mass is 9.78. The van der Waals surface area contributed by atoms with Crippen molar-refractivity contribution in [1.29, 1.82) is 0 Å². The van der Waals surface area contributed by atoms with Gasteiger partial charge in [0.05, 0.1) is 7.11 Å². The number of ether oxygens (including phenoxy) is 2. The van der Waals surface area contributed by atoms with Gasteiger partial charge in [-0.1, -0.05) is 75.1 Å². The number of hydrogen-bond donors (Lipinski definition) is 3. The Bertz CT molecular complexity index is 1050. The number of carbonyl (C=O) groups excluding carboxylic acids is 4. The Kier molecular flexibility index (Phi) is 10.7. The largest absolute Gasteiger partial charge is 0.467 e. The Hall–Kier alpha value is -2.81. The van der Waals surface area contributed by atoms with Crippen LogP contribution in [-0.4, -0.2) is 48.6 Å². The van der Waals surface area contributed by atoms with Gasteiger partial charge in [-0.25, -0.2) is 9.59 Å². The number of halogens is 1. The Balaban J connectivity index is 1.40. The fourth-order valence-electron chi connectivity index (χ4n) is 6.59. The van der Waals surface area contributed by atoms with E-state index in [-0.39, 0.29) is 30.4 Å². The van der Waals surface area contributed by atoms with E-state index in [0.717, 1.165) is 63.4 Å². The summed E-state index contributed by atoms with van der Waals surface area (Å²) in [5.41, 5.74) is 0.523. The Morgan fingerprint density at radius 1 is 1.02 bits per heavy atom. The summed E-state index contributed by atoms with van der Waals surface area (Å²) in [4.78, 5) is 51.9. The predicted molar refractivity (Wildman–Crippen MR) is 150 cm³/mol. The highest BCUT2D eigenvalue weighted by molar-refractivity contribution is 6.30. The van der Waals surface area contributed by atoms with E-state index in [1.54, 1.807) is 24.3 Å². The van der Waals surface area contributed by atoms with E-state index in [2.05, 4.69) is 16.0 Å². The summed E-state index contributed by atoms with van der Waals surface area (Å²) in [6.07, 6.45) is 11.0. The topological polar surface area (TPSA) is 123 Å². The molecule has 0 aromatic heterocycles. The van der Waals surface area contributed by atoms with Gasteiger partial charge in [-0.15, -0.1) is 0 Å². The minimum atomic E-state index is -0.995. The van der Waals surface area contributed by atoms with Crippen LogP contribution in [0.25, 0.3) is 0 Å². The van der Waals surface area contributed by atoms with Crippen LogP contribution in [0.5, 0.6) is 0 Å². The summed E-state index contributed by atoms with van der Waals surface area (Å²) in [6, 6.07) is 5.12. The van der Waals surface area contributed by atoms with Gasteiger partial charge in [0.25, 0.3) is 0 Å². The maximum atomic E-state index is 13.5. The molecule has 1 unspecified atom stereocenters. The number of alkyl carbamates (subject to hydrolysis) is 1. The monoisotopic (exact) mass is 575 g/mol. The lowest BCUT2D eigenvalue weighted by molar-refractivity contribution is -0.146. The third kappa shape index (κ3) is 8.35. The number of amides is 3. The number of carbonyl (C=O) groups is 4. The van der Waals surface area contributed by atoms with Crippen molar-refractivity contribution in [2.45, 2.75) is 108 Å². The zero-order valence-electron chi connectivity index (χ0n) is 23.3. The molecule has 220 valence electrons. The summed E-state index contributed by atoms with van der Waals surface area (Å²) >= 11 is 6.02. The molecule has 0 bridgehead atoms. The Labute approximate surface area is 241 Å². The van der Waals surface area contributed by atoms with E-state index in [9.17, 15) is 19.2 Å². The van der Waals surface area contributed by atoms with Crippen molar-refractivity contribution in [3.8, 4) is 0 Å². The number of methoxy groups -OCH3 is 1. The molecule has 1 spiro atoms. The van der Waals surface area contributed by atoms with Crippen LogP contribution in [0.2, 0.25) is 5.02 Å². The van der Waals surface area contributed by atoms with Crippen molar-refractivity contribution < 1.29 is 28.7 Å². The van der Waals surface area contributed by atoms with Crippen LogP contribution >= 0.6 is 11.6 Å².